The quantitative estimate of drug-likeness (QED) is 0.897. The summed E-state index contributed by atoms with van der Waals surface area (Å²) in [6, 6.07) is 5.36. The summed E-state index contributed by atoms with van der Waals surface area (Å²) in [5, 5.41) is 3.44. The number of ether oxygens (including phenoxy) is 1. The number of nitrogens with two attached hydrogens (primary N) is 1. The lowest BCUT2D eigenvalue weighted by Crippen LogP contribution is -2.46. The largest absolute Gasteiger partial charge is 0.382 e. The summed E-state index contributed by atoms with van der Waals surface area (Å²) in [4.78, 5) is 16.3. The predicted molar refractivity (Wildman–Crippen MR) is 77.5 cm³/mol. The number of amides is 1. The summed E-state index contributed by atoms with van der Waals surface area (Å²) in [5.74, 6) is -0.129. The molecule has 5 nitrogen and oxygen atoms in total. The molecule has 0 fully saturated rings. The van der Waals surface area contributed by atoms with Crippen LogP contribution in [0.5, 0.6) is 0 Å². The van der Waals surface area contributed by atoms with Crippen molar-refractivity contribution in [2.45, 2.75) is 19.4 Å². The van der Waals surface area contributed by atoms with Crippen LogP contribution in [-0.2, 0) is 4.74 Å². The summed E-state index contributed by atoms with van der Waals surface area (Å²) in [5.41, 5.74) is 6.65. The first kappa shape index (κ1) is 13.8. The van der Waals surface area contributed by atoms with Gasteiger partial charge in [0.2, 0.25) is 0 Å². The number of thiazole rings is 1. The third kappa shape index (κ3) is 3.21. The molecule has 0 aliphatic carbocycles. The van der Waals surface area contributed by atoms with Gasteiger partial charge in [0, 0.05) is 12.7 Å². The molecule has 0 saturated heterocycles. The molecule has 1 aromatic carbocycles. The van der Waals surface area contributed by atoms with Crippen molar-refractivity contribution < 1.29 is 9.53 Å². The molecule has 0 saturated carbocycles. The maximum Gasteiger partial charge on any atom is 0.251 e. The molecular formula is C13H17N3O2S. The van der Waals surface area contributed by atoms with E-state index in [4.69, 9.17) is 10.5 Å². The van der Waals surface area contributed by atoms with E-state index < -0.39 is 5.54 Å². The minimum Gasteiger partial charge on any atom is -0.382 e. The van der Waals surface area contributed by atoms with Crippen LogP contribution in [0, 0.1) is 0 Å². The van der Waals surface area contributed by atoms with Gasteiger partial charge in [-0.15, -0.1) is 0 Å². The first-order chi connectivity index (χ1) is 8.91. The van der Waals surface area contributed by atoms with Gasteiger partial charge in [-0.3, -0.25) is 4.79 Å². The number of hydrogen-bond acceptors (Lipinski definition) is 5. The molecule has 1 heterocycles. The maximum atomic E-state index is 12.2. The van der Waals surface area contributed by atoms with Gasteiger partial charge in [0.05, 0.1) is 22.4 Å². The van der Waals surface area contributed by atoms with E-state index in [2.05, 4.69) is 10.3 Å². The van der Waals surface area contributed by atoms with Gasteiger partial charge in [-0.1, -0.05) is 11.3 Å². The van der Waals surface area contributed by atoms with Gasteiger partial charge in [-0.25, -0.2) is 4.98 Å². The highest BCUT2D eigenvalue weighted by molar-refractivity contribution is 7.22. The number of nitrogens with one attached hydrogen (secondary N) is 1. The molecule has 102 valence electrons. The number of carbonyl (C=O) groups excluding carboxylic acids is 1. The normalized spacial score (nSPS) is 11.7. The number of aromatic nitrogens is 1. The number of carbonyl (C=O) groups is 1. The Morgan fingerprint density at radius 2 is 2.26 bits per heavy atom. The molecule has 0 aliphatic heterocycles. The lowest BCUT2D eigenvalue weighted by Gasteiger charge is -2.25. The zero-order valence-electron chi connectivity index (χ0n) is 11.2. The van der Waals surface area contributed by atoms with E-state index in [1.807, 2.05) is 19.9 Å². The second kappa shape index (κ2) is 5.14. The van der Waals surface area contributed by atoms with Crippen LogP contribution in [0.3, 0.4) is 0 Å². The average Bonchev–Trinajstić information content (AvgIpc) is 2.66. The molecule has 3 N–H and O–H groups in total. The summed E-state index contributed by atoms with van der Waals surface area (Å²) < 4.78 is 5.99. The molecule has 0 unspecified atom stereocenters. The van der Waals surface area contributed by atoms with Gasteiger partial charge in [0.15, 0.2) is 5.13 Å². The second-order valence-electron chi connectivity index (χ2n) is 5.01. The molecule has 0 spiro atoms. The van der Waals surface area contributed by atoms with Gasteiger partial charge in [0.1, 0.15) is 0 Å². The summed E-state index contributed by atoms with van der Waals surface area (Å²) in [6.07, 6.45) is 0. The minimum absolute atomic E-state index is 0.129. The fraction of sp³-hybridized carbons (Fsp3) is 0.385. The van der Waals surface area contributed by atoms with Crippen molar-refractivity contribution >= 4 is 32.6 Å². The van der Waals surface area contributed by atoms with Gasteiger partial charge >= 0.3 is 0 Å². The van der Waals surface area contributed by atoms with Crippen molar-refractivity contribution in [1.29, 1.82) is 0 Å². The first-order valence-corrected chi connectivity index (χ1v) is 6.70. The van der Waals surface area contributed by atoms with E-state index in [1.54, 1.807) is 19.2 Å². The van der Waals surface area contributed by atoms with Crippen LogP contribution in [0.4, 0.5) is 5.13 Å². The van der Waals surface area contributed by atoms with E-state index in [-0.39, 0.29) is 5.91 Å². The van der Waals surface area contributed by atoms with Crippen molar-refractivity contribution in [1.82, 2.24) is 10.3 Å². The van der Waals surface area contributed by atoms with E-state index in [0.29, 0.717) is 17.3 Å². The van der Waals surface area contributed by atoms with Crippen LogP contribution < -0.4 is 11.1 Å². The monoisotopic (exact) mass is 279 g/mol. The molecule has 19 heavy (non-hydrogen) atoms. The lowest BCUT2D eigenvalue weighted by molar-refractivity contribution is 0.0820. The number of methoxy groups -OCH3 is 1. The number of nitrogens with zero attached hydrogens (tertiary/aromatic N) is 1. The molecular weight excluding hydrogens is 262 g/mol. The molecule has 0 atom stereocenters. The van der Waals surface area contributed by atoms with Gasteiger partial charge in [-0.2, -0.15) is 0 Å². The zero-order valence-corrected chi connectivity index (χ0v) is 12.0. The minimum atomic E-state index is -0.409. The molecule has 1 amide bonds. The van der Waals surface area contributed by atoms with Crippen molar-refractivity contribution in [3.05, 3.63) is 23.8 Å². The maximum absolute atomic E-state index is 12.2. The van der Waals surface area contributed by atoms with Crippen LogP contribution in [0.15, 0.2) is 18.2 Å². The Balaban J connectivity index is 2.21. The summed E-state index contributed by atoms with van der Waals surface area (Å²) in [6.45, 7) is 4.28. The van der Waals surface area contributed by atoms with Crippen LogP contribution in [0.2, 0.25) is 0 Å². The zero-order chi connectivity index (χ0) is 14.0. The number of fused-ring (bicyclic) bond motifs is 1. The molecule has 2 rings (SSSR count). The highest BCUT2D eigenvalue weighted by Gasteiger charge is 2.21. The van der Waals surface area contributed by atoms with E-state index in [1.165, 1.54) is 11.3 Å². The van der Waals surface area contributed by atoms with Crippen LogP contribution in [0.25, 0.3) is 10.2 Å². The topological polar surface area (TPSA) is 77.2 Å². The molecule has 2 aromatic rings. The Morgan fingerprint density at radius 1 is 1.53 bits per heavy atom. The Bertz CT molecular complexity index is 607. The molecule has 0 aliphatic rings. The summed E-state index contributed by atoms with van der Waals surface area (Å²) >= 11 is 1.37. The standard InChI is InChI=1S/C13H17N3O2S/c1-13(2,7-18-3)16-11(17)8-4-5-9-10(6-8)19-12(14)15-9/h4-6H,7H2,1-3H3,(H2,14,15)(H,16,17). The van der Waals surface area contributed by atoms with Crippen molar-refractivity contribution in [2.24, 2.45) is 0 Å². The van der Waals surface area contributed by atoms with Gasteiger partial charge in [0.25, 0.3) is 5.91 Å². The number of benzene rings is 1. The number of anilines is 1. The SMILES string of the molecule is COCC(C)(C)NC(=O)c1ccc2nc(N)sc2c1. The number of rotatable bonds is 4. The summed E-state index contributed by atoms with van der Waals surface area (Å²) in [7, 11) is 1.61. The number of hydrogen-bond donors (Lipinski definition) is 2. The van der Waals surface area contributed by atoms with E-state index in [9.17, 15) is 4.79 Å². The van der Waals surface area contributed by atoms with Crippen LogP contribution in [-0.4, -0.2) is 30.1 Å². The highest BCUT2D eigenvalue weighted by Crippen LogP contribution is 2.24. The van der Waals surface area contributed by atoms with Crippen LogP contribution in [0.1, 0.15) is 24.2 Å². The average molecular weight is 279 g/mol. The molecule has 0 bridgehead atoms. The molecule has 1 aromatic heterocycles. The second-order valence-corrected chi connectivity index (χ2v) is 6.07. The Hall–Kier alpha value is -1.66. The third-order valence-corrected chi connectivity index (χ3v) is 3.47. The van der Waals surface area contributed by atoms with Crippen molar-refractivity contribution in [2.75, 3.05) is 19.5 Å². The fourth-order valence-electron chi connectivity index (χ4n) is 1.86. The van der Waals surface area contributed by atoms with Gasteiger partial charge in [-0.05, 0) is 32.0 Å². The lowest BCUT2D eigenvalue weighted by atomic mass is 10.1. The Kier molecular flexibility index (Phi) is 3.73. The fourth-order valence-corrected chi connectivity index (χ4v) is 2.63. The Labute approximate surface area is 115 Å². The van der Waals surface area contributed by atoms with E-state index >= 15 is 0 Å². The first-order valence-electron chi connectivity index (χ1n) is 5.89. The highest BCUT2D eigenvalue weighted by atomic mass is 32.1. The van der Waals surface area contributed by atoms with Crippen molar-refractivity contribution in [3.63, 3.8) is 0 Å². The van der Waals surface area contributed by atoms with Gasteiger partial charge < -0.3 is 15.8 Å². The van der Waals surface area contributed by atoms with Crippen LogP contribution >= 0.6 is 11.3 Å². The number of nitrogen functional groups attached to an aromatic ring is 1. The van der Waals surface area contributed by atoms with E-state index in [0.717, 1.165) is 10.2 Å². The molecule has 0 radical (unpaired) electrons. The predicted octanol–water partition coefficient (Wildman–Crippen LogP) is 2.03. The smallest absolute Gasteiger partial charge is 0.251 e. The third-order valence-electron chi connectivity index (χ3n) is 2.62. The molecule has 6 heteroatoms. The van der Waals surface area contributed by atoms with Crippen molar-refractivity contribution in [3.8, 4) is 0 Å². The Morgan fingerprint density at radius 3 is 2.95 bits per heavy atom.